The molecule has 0 radical (unpaired) electrons. The molecule has 0 aromatic heterocycles. The van der Waals surface area contributed by atoms with Gasteiger partial charge >= 0.3 is 17.9 Å². The van der Waals surface area contributed by atoms with Gasteiger partial charge in [0.2, 0.25) is 0 Å². The third-order valence-corrected chi connectivity index (χ3v) is 22.5. The molecule has 6 nitrogen and oxygen atoms in total. The van der Waals surface area contributed by atoms with Crippen LogP contribution in [0.4, 0.5) is 0 Å². The molecule has 362 valence electrons. The SMILES string of the molecule is CCCCCCCCCCCCCCOC(=O)C(C)SP(SC(C)C(=O)OCCCCCCCCCCCCCC)SC(C)C(=O)OCCCCCCCCCCCCCC. The van der Waals surface area contributed by atoms with E-state index in [1.165, 1.54) is 227 Å². The summed E-state index contributed by atoms with van der Waals surface area (Å²) in [6.07, 6.45) is 45.7. The summed E-state index contributed by atoms with van der Waals surface area (Å²) in [6, 6.07) is 0. The molecule has 0 fully saturated rings. The van der Waals surface area contributed by atoms with Gasteiger partial charge < -0.3 is 14.2 Å². The van der Waals surface area contributed by atoms with Gasteiger partial charge in [-0.1, -0.05) is 267 Å². The summed E-state index contributed by atoms with van der Waals surface area (Å²) in [5.74, 6) is -0.650. The second-order valence-corrected chi connectivity index (χ2v) is 28.1. The normalized spacial score (nSPS) is 13.5. The van der Waals surface area contributed by atoms with E-state index in [0.717, 1.165) is 38.5 Å². The third kappa shape index (κ3) is 42.3. The van der Waals surface area contributed by atoms with Gasteiger partial charge in [-0.3, -0.25) is 14.4 Å². The molecule has 0 aromatic rings. The number of hydrogen-bond acceptors (Lipinski definition) is 9. The van der Waals surface area contributed by atoms with Crippen molar-refractivity contribution in [3.63, 3.8) is 0 Å². The van der Waals surface area contributed by atoms with Crippen LogP contribution in [0.5, 0.6) is 0 Å². The predicted octanol–water partition coefficient (Wildman–Crippen LogP) is 18.3. The highest BCUT2D eigenvalue weighted by atomic mass is 33.4. The van der Waals surface area contributed by atoms with Crippen molar-refractivity contribution in [2.75, 3.05) is 19.8 Å². The number of carbonyl (C=O) groups is 3. The standard InChI is InChI=1S/C51H99O6PS3/c1-7-10-13-16-19-22-25-28-31-34-37-40-43-55-49(52)46(4)59-58(60-47(5)50(53)56-44-41-38-35-32-29-26-23-20-17-14-11-8-2)61-48(6)51(54)57-45-42-39-36-33-30-27-24-21-18-15-12-9-3/h46-48H,7-45H2,1-6H3. The van der Waals surface area contributed by atoms with Crippen LogP contribution in [-0.4, -0.2) is 53.5 Å². The van der Waals surface area contributed by atoms with Gasteiger partial charge in [0.1, 0.15) is 15.7 Å². The molecule has 0 bridgehead atoms. The lowest BCUT2D eigenvalue weighted by Gasteiger charge is -2.23. The van der Waals surface area contributed by atoms with Gasteiger partial charge in [-0.25, -0.2) is 0 Å². The van der Waals surface area contributed by atoms with E-state index in [4.69, 9.17) is 14.2 Å². The van der Waals surface area contributed by atoms with Crippen LogP contribution in [0.2, 0.25) is 0 Å². The minimum atomic E-state index is -1.04. The van der Waals surface area contributed by atoms with Crippen molar-refractivity contribution in [3.05, 3.63) is 0 Å². The summed E-state index contributed by atoms with van der Waals surface area (Å²) in [7, 11) is 0. The Balaban J connectivity index is 4.68. The Morgan fingerprint density at radius 1 is 0.311 bits per heavy atom. The molecular weight excluding hydrogens is 836 g/mol. The molecule has 0 N–H and O–H groups in total. The maximum absolute atomic E-state index is 13.1. The number of esters is 3. The van der Waals surface area contributed by atoms with E-state index in [9.17, 15) is 14.4 Å². The first-order chi connectivity index (χ1) is 29.8. The number of rotatable bonds is 48. The topological polar surface area (TPSA) is 78.9 Å². The van der Waals surface area contributed by atoms with Crippen molar-refractivity contribution < 1.29 is 28.6 Å². The van der Waals surface area contributed by atoms with Gasteiger partial charge in [0, 0.05) is 0 Å². The Morgan fingerprint density at radius 3 is 0.656 bits per heavy atom. The Morgan fingerprint density at radius 2 is 0.475 bits per heavy atom. The highest BCUT2D eigenvalue weighted by Gasteiger charge is 2.30. The van der Waals surface area contributed by atoms with Crippen molar-refractivity contribution in [2.45, 2.75) is 288 Å². The van der Waals surface area contributed by atoms with E-state index < -0.39 is 21.3 Å². The first-order valence-corrected chi connectivity index (χ1v) is 31.9. The monoisotopic (exact) mass is 935 g/mol. The maximum atomic E-state index is 13.1. The zero-order valence-electron chi connectivity index (χ0n) is 40.9. The average Bonchev–Trinajstić information content (AvgIpc) is 3.25. The summed E-state index contributed by atoms with van der Waals surface area (Å²) in [5.41, 5.74) is -1.04. The van der Waals surface area contributed by atoms with Crippen LogP contribution >= 0.6 is 39.7 Å². The van der Waals surface area contributed by atoms with Crippen LogP contribution in [0.1, 0.15) is 273 Å². The van der Waals surface area contributed by atoms with Crippen molar-refractivity contribution in [1.82, 2.24) is 0 Å². The lowest BCUT2D eigenvalue weighted by molar-refractivity contribution is -0.143. The quantitative estimate of drug-likeness (QED) is 0.0256. The molecule has 0 aliphatic heterocycles. The largest absolute Gasteiger partial charge is 0.465 e. The lowest BCUT2D eigenvalue weighted by atomic mass is 10.1. The van der Waals surface area contributed by atoms with Crippen molar-refractivity contribution in [2.24, 2.45) is 0 Å². The van der Waals surface area contributed by atoms with E-state index in [0.29, 0.717) is 19.8 Å². The van der Waals surface area contributed by atoms with Crippen LogP contribution < -0.4 is 0 Å². The van der Waals surface area contributed by atoms with Crippen molar-refractivity contribution in [3.8, 4) is 0 Å². The highest BCUT2D eigenvalue weighted by molar-refractivity contribution is 9.12. The minimum Gasteiger partial charge on any atom is -0.465 e. The van der Waals surface area contributed by atoms with Gasteiger partial charge in [0.05, 0.1) is 25.3 Å². The number of unbranched alkanes of at least 4 members (excludes halogenated alkanes) is 33. The molecule has 61 heavy (non-hydrogen) atoms. The van der Waals surface area contributed by atoms with Crippen LogP contribution in [0, 0.1) is 0 Å². The summed E-state index contributed by atoms with van der Waals surface area (Å²) >= 11 is 4.58. The first-order valence-electron chi connectivity index (χ1n) is 26.1. The fraction of sp³-hybridized carbons (Fsp3) is 0.941. The summed E-state index contributed by atoms with van der Waals surface area (Å²) in [5, 5.41) is -1.18. The maximum Gasteiger partial charge on any atom is 0.319 e. The molecule has 0 heterocycles. The van der Waals surface area contributed by atoms with Gasteiger partial charge in [-0.15, -0.1) is 0 Å². The van der Waals surface area contributed by atoms with Crippen LogP contribution in [-0.2, 0) is 28.6 Å². The fourth-order valence-electron chi connectivity index (χ4n) is 7.29. The van der Waals surface area contributed by atoms with E-state index in [1.54, 1.807) is 0 Å². The summed E-state index contributed by atoms with van der Waals surface area (Å²) in [6.45, 7) is 13.8. The van der Waals surface area contributed by atoms with E-state index in [2.05, 4.69) is 20.8 Å². The first kappa shape index (κ1) is 60.9. The average molecular weight is 936 g/mol. The molecule has 3 atom stereocenters. The molecular formula is C51H99O6PS3. The molecule has 0 aliphatic carbocycles. The minimum absolute atomic E-state index is 0.217. The Hall–Kier alpha value is -0.110. The predicted molar refractivity (Wildman–Crippen MR) is 274 cm³/mol. The number of ether oxygens (including phenoxy) is 3. The van der Waals surface area contributed by atoms with E-state index in [-0.39, 0.29) is 17.9 Å². The van der Waals surface area contributed by atoms with Gasteiger partial charge in [0.25, 0.3) is 0 Å². The summed E-state index contributed by atoms with van der Waals surface area (Å²) < 4.78 is 17.1. The molecule has 0 rings (SSSR count). The molecule has 0 spiro atoms. The molecule has 10 heteroatoms. The van der Waals surface area contributed by atoms with Crippen LogP contribution in [0.3, 0.4) is 0 Å². The molecule has 0 saturated carbocycles. The Labute approximate surface area is 392 Å². The molecule has 0 saturated heterocycles. The van der Waals surface area contributed by atoms with Crippen LogP contribution in [0.15, 0.2) is 0 Å². The van der Waals surface area contributed by atoms with E-state index in [1.807, 2.05) is 20.8 Å². The zero-order valence-corrected chi connectivity index (χ0v) is 44.3. The third-order valence-electron chi connectivity index (χ3n) is 11.5. The number of carbonyl (C=O) groups excluding carboxylic acids is 3. The molecule has 0 aromatic carbocycles. The highest BCUT2D eigenvalue weighted by Crippen LogP contribution is 2.73. The van der Waals surface area contributed by atoms with Crippen molar-refractivity contribution >= 4 is 57.6 Å². The lowest BCUT2D eigenvalue weighted by Crippen LogP contribution is -2.20. The van der Waals surface area contributed by atoms with Crippen molar-refractivity contribution in [1.29, 1.82) is 0 Å². The molecule has 0 amide bonds. The zero-order chi connectivity index (χ0) is 44.9. The molecule has 0 aliphatic rings. The molecule has 3 unspecified atom stereocenters. The summed E-state index contributed by atoms with van der Waals surface area (Å²) in [4.78, 5) is 39.3. The smallest absolute Gasteiger partial charge is 0.319 e. The second kappa shape index (κ2) is 47.8. The number of hydrogen-bond donors (Lipinski definition) is 0. The van der Waals surface area contributed by atoms with Gasteiger partial charge in [-0.2, -0.15) is 0 Å². The van der Waals surface area contributed by atoms with Gasteiger partial charge in [0.15, 0.2) is 0 Å². The van der Waals surface area contributed by atoms with Crippen LogP contribution in [0.25, 0.3) is 0 Å². The van der Waals surface area contributed by atoms with Gasteiger partial charge in [-0.05, 0) is 40.0 Å². The Bertz CT molecular complexity index is 856. The van der Waals surface area contributed by atoms with E-state index >= 15 is 0 Å². The second-order valence-electron chi connectivity index (χ2n) is 17.6. The fourth-order valence-corrected chi connectivity index (χ4v) is 20.5. The Kier molecular flexibility index (Phi) is 47.8.